The van der Waals surface area contributed by atoms with Crippen molar-refractivity contribution in [1.29, 1.82) is 0 Å². The van der Waals surface area contributed by atoms with Gasteiger partial charge in [0.15, 0.2) is 11.6 Å². The molecule has 138 valence electrons. The van der Waals surface area contributed by atoms with Crippen molar-refractivity contribution < 1.29 is 19.1 Å². The normalized spacial score (nSPS) is 12.4. The van der Waals surface area contributed by atoms with Gasteiger partial charge in [-0.2, -0.15) is 0 Å². The number of aryl methyl sites for hydroxylation is 1. The van der Waals surface area contributed by atoms with E-state index in [4.69, 9.17) is 4.74 Å². The van der Waals surface area contributed by atoms with Crippen LogP contribution in [0.25, 0.3) is 11.3 Å². The van der Waals surface area contributed by atoms with Crippen molar-refractivity contribution in [2.75, 3.05) is 6.61 Å². The molecule has 0 unspecified atom stereocenters. The molecule has 0 bridgehead atoms. The predicted molar refractivity (Wildman–Crippen MR) is 104 cm³/mol. The lowest BCUT2D eigenvalue weighted by molar-refractivity contribution is 0.0519. The number of rotatable bonds is 3. The maximum Gasteiger partial charge on any atom is 0.356 e. The Bertz CT molecular complexity index is 1130. The van der Waals surface area contributed by atoms with Gasteiger partial charge in [-0.05, 0) is 19.9 Å². The molecule has 5 heteroatoms. The summed E-state index contributed by atoms with van der Waals surface area (Å²) in [6.45, 7) is 3.84. The maximum atomic E-state index is 13.2. The van der Waals surface area contributed by atoms with Gasteiger partial charge in [0.25, 0.3) is 0 Å². The highest BCUT2D eigenvalue weighted by molar-refractivity contribution is 6.30. The van der Waals surface area contributed by atoms with Gasteiger partial charge >= 0.3 is 5.97 Å². The lowest BCUT2D eigenvalue weighted by Crippen LogP contribution is -2.24. The number of aromatic nitrogens is 1. The molecule has 0 fully saturated rings. The largest absolute Gasteiger partial charge is 0.461 e. The molecule has 0 atom stereocenters. The third-order valence-electron chi connectivity index (χ3n) is 4.72. The third-order valence-corrected chi connectivity index (χ3v) is 4.72. The predicted octanol–water partition coefficient (Wildman–Crippen LogP) is 4.01. The summed E-state index contributed by atoms with van der Waals surface area (Å²) >= 11 is 0. The van der Waals surface area contributed by atoms with Gasteiger partial charge in [0.05, 0.1) is 17.9 Å². The van der Waals surface area contributed by atoms with Crippen LogP contribution in [-0.2, 0) is 4.74 Å². The third kappa shape index (κ3) is 2.81. The molecule has 0 saturated heterocycles. The number of carbonyl (C=O) groups excluding carboxylic acids is 3. The Hall–Kier alpha value is -3.60. The zero-order valence-electron chi connectivity index (χ0n) is 15.5. The first-order valence-electron chi connectivity index (χ1n) is 8.99. The van der Waals surface area contributed by atoms with E-state index < -0.39 is 5.97 Å². The molecule has 0 amide bonds. The van der Waals surface area contributed by atoms with Gasteiger partial charge in [-0.25, -0.2) is 9.78 Å². The number of nitrogens with zero attached hydrogens (tertiary/aromatic N) is 1. The van der Waals surface area contributed by atoms with E-state index in [2.05, 4.69) is 4.98 Å². The van der Waals surface area contributed by atoms with Gasteiger partial charge in [0, 0.05) is 22.3 Å². The molecule has 1 aliphatic carbocycles. The number of benzene rings is 2. The lowest BCUT2D eigenvalue weighted by Gasteiger charge is -2.20. The van der Waals surface area contributed by atoms with Crippen molar-refractivity contribution >= 4 is 17.5 Å². The number of hydrogen-bond donors (Lipinski definition) is 0. The van der Waals surface area contributed by atoms with E-state index in [0.29, 0.717) is 22.4 Å². The first kappa shape index (κ1) is 17.8. The Morgan fingerprint density at radius 3 is 2.21 bits per heavy atom. The van der Waals surface area contributed by atoms with Gasteiger partial charge in [-0.15, -0.1) is 0 Å². The number of pyridine rings is 1. The van der Waals surface area contributed by atoms with Crippen molar-refractivity contribution in [2.24, 2.45) is 0 Å². The summed E-state index contributed by atoms with van der Waals surface area (Å²) in [5, 5.41) is 0. The van der Waals surface area contributed by atoms with E-state index in [-0.39, 0.29) is 35.0 Å². The summed E-state index contributed by atoms with van der Waals surface area (Å²) in [4.78, 5) is 43.0. The van der Waals surface area contributed by atoms with Crippen molar-refractivity contribution in [2.45, 2.75) is 13.8 Å². The summed E-state index contributed by atoms with van der Waals surface area (Å²) in [6, 6.07) is 15.5. The summed E-state index contributed by atoms with van der Waals surface area (Å²) in [6.07, 6.45) is 0. The fraction of sp³-hybridized carbons (Fsp3) is 0.130. The van der Waals surface area contributed by atoms with Crippen molar-refractivity contribution in [3.8, 4) is 11.3 Å². The molecular formula is C23H17NO4. The molecule has 0 N–H and O–H groups in total. The Morgan fingerprint density at radius 1 is 0.929 bits per heavy atom. The molecule has 1 aliphatic rings. The summed E-state index contributed by atoms with van der Waals surface area (Å²) in [5.74, 6) is -1.20. The molecule has 3 aromatic rings. The molecule has 0 spiro atoms. The maximum absolute atomic E-state index is 13.2. The van der Waals surface area contributed by atoms with Gasteiger partial charge < -0.3 is 4.74 Å². The van der Waals surface area contributed by atoms with Gasteiger partial charge in [-0.1, -0.05) is 54.1 Å². The van der Waals surface area contributed by atoms with Crippen LogP contribution in [0, 0.1) is 6.92 Å². The van der Waals surface area contributed by atoms with E-state index in [1.165, 1.54) is 6.07 Å². The fourth-order valence-corrected chi connectivity index (χ4v) is 3.34. The van der Waals surface area contributed by atoms with Crippen LogP contribution in [0.1, 0.15) is 54.8 Å². The second kappa shape index (κ2) is 6.85. The molecule has 4 rings (SSSR count). The number of hydrogen-bond acceptors (Lipinski definition) is 5. The quantitative estimate of drug-likeness (QED) is 0.509. The number of esters is 1. The minimum absolute atomic E-state index is 0.0108. The summed E-state index contributed by atoms with van der Waals surface area (Å²) < 4.78 is 5.06. The van der Waals surface area contributed by atoms with E-state index in [9.17, 15) is 14.4 Å². The van der Waals surface area contributed by atoms with Crippen LogP contribution >= 0.6 is 0 Å². The van der Waals surface area contributed by atoms with Crippen molar-refractivity contribution in [1.82, 2.24) is 4.98 Å². The van der Waals surface area contributed by atoms with Crippen molar-refractivity contribution in [3.05, 3.63) is 88.1 Å². The highest BCUT2D eigenvalue weighted by Crippen LogP contribution is 2.34. The lowest BCUT2D eigenvalue weighted by atomic mass is 9.82. The fourth-order valence-electron chi connectivity index (χ4n) is 3.34. The average molecular weight is 371 g/mol. The Morgan fingerprint density at radius 2 is 1.57 bits per heavy atom. The zero-order valence-corrected chi connectivity index (χ0v) is 15.5. The smallest absolute Gasteiger partial charge is 0.356 e. The van der Waals surface area contributed by atoms with Gasteiger partial charge in [0.1, 0.15) is 5.69 Å². The molecule has 0 aliphatic heterocycles. The Balaban J connectivity index is 2.01. The van der Waals surface area contributed by atoms with Crippen LogP contribution in [0.4, 0.5) is 0 Å². The highest BCUT2D eigenvalue weighted by Gasteiger charge is 2.34. The second-order valence-electron chi connectivity index (χ2n) is 6.57. The zero-order chi connectivity index (χ0) is 19.8. The van der Waals surface area contributed by atoms with Crippen molar-refractivity contribution in [3.63, 3.8) is 0 Å². The molecule has 2 aromatic carbocycles. The summed E-state index contributed by atoms with van der Waals surface area (Å²) in [7, 11) is 0. The molecule has 0 saturated carbocycles. The second-order valence-corrected chi connectivity index (χ2v) is 6.57. The van der Waals surface area contributed by atoms with Crippen LogP contribution in [-0.4, -0.2) is 29.1 Å². The van der Waals surface area contributed by atoms with Gasteiger partial charge in [-0.3, -0.25) is 9.59 Å². The Kier molecular flexibility index (Phi) is 4.35. The number of ketones is 2. The van der Waals surface area contributed by atoms with E-state index >= 15 is 0 Å². The van der Waals surface area contributed by atoms with Gasteiger partial charge in [0.2, 0.25) is 0 Å². The molecule has 1 aromatic heterocycles. The Labute approximate surface area is 162 Å². The average Bonchev–Trinajstić information content (AvgIpc) is 2.72. The molecule has 5 nitrogen and oxygen atoms in total. The molecular weight excluding hydrogens is 354 g/mol. The van der Waals surface area contributed by atoms with Crippen LogP contribution in [0.5, 0.6) is 0 Å². The standard InChI is InChI=1S/C23H17NO4/c1-3-28-23(27)18-12-17-19(20(24-18)14-10-8-13(2)9-11-14)22(26)16-7-5-4-6-15(16)21(17)25/h4-12H,3H2,1-2H3. The minimum atomic E-state index is -0.627. The van der Waals surface area contributed by atoms with Crippen LogP contribution < -0.4 is 0 Å². The van der Waals surface area contributed by atoms with Crippen LogP contribution in [0.3, 0.4) is 0 Å². The SMILES string of the molecule is CCOC(=O)c1cc2c(c(-c3ccc(C)cc3)n1)C(=O)c1ccccc1C2=O. The van der Waals surface area contributed by atoms with Crippen LogP contribution in [0.15, 0.2) is 54.6 Å². The molecule has 28 heavy (non-hydrogen) atoms. The van der Waals surface area contributed by atoms with E-state index in [1.54, 1.807) is 31.2 Å². The first-order valence-corrected chi connectivity index (χ1v) is 8.99. The molecule has 0 radical (unpaired) electrons. The first-order chi connectivity index (χ1) is 13.5. The monoisotopic (exact) mass is 371 g/mol. The number of carbonyl (C=O) groups is 3. The van der Waals surface area contributed by atoms with E-state index in [1.807, 2.05) is 31.2 Å². The number of fused-ring (bicyclic) bond motifs is 2. The van der Waals surface area contributed by atoms with E-state index in [0.717, 1.165) is 5.56 Å². The topological polar surface area (TPSA) is 73.3 Å². The highest BCUT2D eigenvalue weighted by atomic mass is 16.5. The molecule has 1 heterocycles. The summed E-state index contributed by atoms with van der Waals surface area (Å²) in [5.41, 5.74) is 3.11. The number of ether oxygens (including phenoxy) is 1. The van der Waals surface area contributed by atoms with Crippen LogP contribution in [0.2, 0.25) is 0 Å². The minimum Gasteiger partial charge on any atom is -0.461 e.